The largest absolute Gasteiger partial charge is 0.507 e. The van der Waals surface area contributed by atoms with Gasteiger partial charge in [0, 0.05) is 24.5 Å². The second-order valence-electron chi connectivity index (χ2n) is 7.90. The Morgan fingerprint density at radius 1 is 1.06 bits per heavy atom. The van der Waals surface area contributed by atoms with Crippen LogP contribution in [0.25, 0.3) is 5.76 Å². The smallest absolute Gasteiger partial charge is 0.295 e. The van der Waals surface area contributed by atoms with Crippen molar-refractivity contribution in [2.45, 2.75) is 19.5 Å². The molecule has 1 aromatic heterocycles. The summed E-state index contributed by atoms with van der Waals surface area (Å²) in [5.41, 5.74) is 2.32. The zero-order chi connectivity index (χ0) is 24.4. The zero-order valence-electron chi connectivity index (χ0n) is 19.0. The van der Waals surface area contributed by atoms with Gasteiger partial charge in [-0.25, -0.2) is 0 Å². The highest BCUT2D eigenvalue weighted by Gasteiger charge is 2.46. The van der Waals surface area contributed by atoms with Gasteiger partial charge in [0.25, 0.3) is 11.7 Å². The Kier molecular flexibility index (Phi) is 6.23. The summed E-state index contributed by atoms with van der Waals surface area (Å²) in [4.78, 5) is 31.8. The second-order valence-corrected chi connectivity index (χ2v) is 7.90. The number of aliphatic hydroxyl groups is 1. The Balaban J connectivity index is 1.89. The van der Waals surface area contributed by atoms with Crippen LogP contribution in [-0.4, -0.2) is 46.0 Å². The number of Topliss-reactive ketones (excluding diaryl/α,β-unsaturated/α-hetero) is 1. The van der Waals surface area contributed by atoms with Gasteiger partial charge in [0.1, 0.15) is 11.5 Å². The fraction of sp³-hybridized carbons (Fsp3) is 0.192. The van der Waals surface area contributed by atoms with Crippen LogP contribution in [0.4, 0.5) is 0 Å². The summed E-state index contributed by atoms with van der Waals surface area (Å²) in [7, 11) is 2.95. The van der Waals surface area contributed by atoms with E-state index in [0.717, 1.165) is 11.1 Å². The van der Waals surface area contributed by atoms with Crippen molar-refractivity contribution in [2.75, 3.05) is 14.2 Å². The molecule has 0 bridgehead atoms. The van der Waals surface area contributed by atoms with Crippen molar-refractivity contribution in [1.29, 1.82) is 0 Å². The van der Waals surface area contributed by atoms with E-state index < -0.39 is 17.7 Å². The molecule has 174 valence electrons. The Labute approximate surface area is 196 Å². The third kappa shape index (κ3) is 4.05. The SMILES string of the molecule is COc1ccc(/C(O)=C2\C(=O)C(=O)N(Cc3cccnc3)[C@H]2c2ccc(O)c(OC)c2)cc1C. The number of phenols is 1. The van der Waals surface area contributed by atoms with Gasteiger partial charge in [-0.3, -0.25) is 14.6 Å². The van der Waals surface area contributed by atoms with E-state index >= 15 is 0 Å². The molecule has 1 aliphatic rings. The van der Waals surface area contributed by atoms with Crippen LogP contribution < -0.4 is 9.47 Å². The number of phenolic OH excluding ortho intramolecular Hbond substituents is 1. The van der Waals surface area contributed by atoms with Crippen molar-refractivity contribution in [1.82, 2.24) is 9.88 Å². The number of amides is 1. The first-order valence-corrected chi connectivity index (χ1v) is 10.5. The number of pyridine rings is 1. The van der Waals surface area contributed by atoms with Crippen LogP contribution in [0.15, 0.2) is 66.5 Å². The molecule has 0 saturated carbocycles. The lowest BCUT2D eigenvalue weighted by molar-refractivity contribution is -0.140. The van der Waals surface area contributed by atoms with Crippen LogP contribution in [0.1, 0.15) is 28.3 Å². The molecule has 0 unspecified atom stereocenters. The molecule has 8 nitrogen and oxygen atoms in total. The molecule has 1 saturated heterocycles. The number of hydrogen-bond donors (Lipinski definition) is 2. The van der Waals surface area contributed by atoms with Crippen LogP contribution in [-0.2, 0) is 16.1 Å². The maximum Gasteiger partial charge on any atom is 0.295 e. The highest BCUT2D eigenvalue weighted by atomic mass is 16.5. The number of rotatable bonds is 6. The van der Waals surface area contributed by atoms with Gasteiger partial charge in [-0.05, 0) is 60.0 Å². The number of aliphatic hydroxyl groups excluding tert-OH is 1. The molecule has 34 heavy (non-hydrogen) atoms. The summed E-state index contributed by atoms with van der Waals surface area (Å²) >= 11 is 0. The van der Waals surface area contributed by atoms with Gasteiger partial charge in [0.15, 0.2) is 11.5 Å². The summed E-state index contributed by atoms with van der Waals surface area (Å²) in [5, 5.41) is 21.3. The van der Waals surface area contributed by atoms with Gasteiger partial charge in [0.05, 0.1) is 25.8 Å². The van der Waals surface area contributed by atoms with Gasteiger partial charge < -0.3 is 24.6 Å². The fourth-order valence-electron chi connectivity index (χ4n) is 4.12. The van der Waals surface area contributed by atoms with Crippen molar-refractivity contribution < 1.29 is 29.3 Å². The van der Waals surface area contributed by atoms with Crippen LogP contribution >= 0.6 is 0 Å². The molecule has 1 atom stereocenters. The number of carbonyl (C=O) groups is 2. The molecule has 0 spiro atoms. The van der Waals surface area contributed by atoms with E-state index in [1.54, 1.807) is 62.0 Å². The molecular weight excluding hydrogens is 436 g/mol. The molecule has 1 aliphatic heterocycles. The summed E-state index contributed by atoms with van der Waals surface area (Å²) in [6, 6.07) is 12.2. The Morgan fingerprint density at radius 3 is 2.47 bits per heavy atom. The second kappa shape index (κ2) is 9.27. The van der Waals surface area contributed by atoms with E-state index in [4.69, 9.17) is 9.47 Å². The maximum absolute atomic E-state index is 13.2. The fourth-order valence-corrected chi connectivity index (χ4v) is 4.12. The summed E-state index contributed by atoms with van der Waals surface area (Å²) < 4.78 is 10.5. The molecule has 2 heterocycles. The monoisotopic (exact) mass is 460 g/mol. The lowest BCUT2D eigenvalue weighted by Gasteiger charge is -2.25. The highest BCUT2D eigenvalue weighted by Crippen LogP contribution is 2.42. The molecule has 0 radical (unpaired) electrons. The number of likely N-dealkylation sites (tertiary alicyclic amines) is 1. The van der Waals surface area contributed by atoms with Gasteiger partial charge in [0.2, 0.25) is 0 Å². The van der Waals surface area contributed by atoms with E-state index in [1.165, 1.54) is 18.1 Å². The minimum atomic E-state index is -0.905. The number of methoxy groups -OCH3 is 2. The first-order valence-electron chi connectivity index (χ1n) is 10.5. The van der Waals surface area contributed by atoms with E-state index in [9.17, 15) is 19.8 Å². The van der Waals surface area contributed by atoms with Gasteiger partial charge in [-0.2, -0.15) is 0 Å². The number of ketones is 1. The van der Waals surface area contributed by atoms with Gasteiger partial charge in [-0.15, -0.1) is 0 Å². The Bertz CT molecular complexity index is 1290. The number of aromatic hydroxyl groups is 1. The first kappa shape index (κ1) is 22.8. The van der Waals surface area contributed by atoms with Crippen molar-refractivity contribution >= 4 is 17.4 Å². The lowest BCUT2D eigenvalue weighted by Crippen LogP contribution is -2.29. The highest BCUT2D eigenvalue weighted by molar-refractivity contribution is 6.46. The Hall–Kier alpha value is -4.33. The minimum absolute atomic E-state index is 0.0498. The van der Waals surface area contributed by atoms with E-state index in [0.29, 0.717) is 16.9 Å². The molecule has 2 aromatic carbocycles. The van der Waals surface area contributed by atoms with Crippen LogP contribution in [0, 0.1) is 6.92 Å². The summed E-state index contributed by atoms with van der Waals surface area (Å²) in [6.07, 6.45) is 3.23. The summed E-state index contributed by atoms with van der Waals surface area (Å²) in [5.74, 6) is -1.10. The van der Waals surface area contributed by atoms with Crippen molar-refractivity contribution in [3.63, 3.8) is 0 Å². The minimum Gasteiger partial charge on any atom is -0.507 e. The maximum atomic E-state index is 13.2. The van der Waals surface area contributed by atoms with E-state index in [1.807, 2.05) is 6.92 Å². The molecule has 4 rings (SSSR count). The first-order chi connectivity index (χ1) is 16.3. The molecule has 1 amide bonds. The van der Waals surface area contributed by atoms with Gasteiger partial charge >= 0.3 is 0 Å². The number of aromatic nitrogens is 1. The average molecular weight is 460 g/mol. The molecular formula is C26H24N2O6. The van der Waals surface area contributed by atoms with Crippen LogP contribution in [0.5, 0.6) is 17.2 Å². The zero-order valence-corrected chi connectivity index (χ0v) is 19.0. The molecule has 2 N–H and O–H groups in total. The number of hydrogen-bond acceptors (Lipinski definition) is 7. The number of ether oxygens (including phenoxy) is 2. The quantitative estimate of drug-likeness (QED) is 0.328. The third-order valence-corrected chi connectivity index (χ3v) is 5.80. The molecule has 8 heteroatoms. The number of nitrogens with zero attached hydrogens (tertiary/aromatic N) is 2. The average Bonchev–Trinajstić information content (AvgIpc) is 3.09. The van der Waals surface area contributed by atoms with E-state index in [2.05, 4.69) is 4.98 Å². The predicted octanol–water partition coefficient (Wildman–Crippen LogP) is 3.73. The van der Waals surface area contributed by atoms with Crippen LogP contribution in [0.3, 0.4) is 0 Å². The Morgan fingerprint density at radius 2 is 1.82 bits per heavy atom. The van der Waals surface area contributed by atoms with Gasteiger partial charge in [-0.1, -0.05) is 12.1 Å². The van der Waals surface area contributed by atoms with E-state index in [-0.39, 0.29) is 29.4 Å². The molecule has 1 fully saturated rings. The standard InChI is InChI=1S/C26H24N2O6/c1-15-11-18(7-9-20(15)33-2)24(30)22-23(17-6-8-19(29)21(12-17)34-3)28(26(32)25(22)31)14-16-5-4-10-27-13-16/h4-13,23,29-30H,14H2,1-3H3/b24-22+/t23-/m0/s1. The summed E-state index contributed by atoms with van der Waals surface area (Å²) in [6.45, 7) is 1.92. The molecule has 3 aromatic rings. The predicted molar refractivity (Wildman–Crippen MR) is 124 cm³/mol. The normalized spacial score (nSPS) is 17.1. The number of carbonyl (C=O) groups excluding carboxylic acids is 2. The number of benzene rings is 2. The van der Waals surface area contributed by atoms with Crippen LogP contribution in [0.2, 0.25) is 0 Å². The third-order valence-electron chi connectivity index (χ3n) is 5.80. The lowest BCUT2D eigenvalue weighted by atomic mass is 9.94. The number of aryl methyl sites for hydroxylation is 1. The van der Waals surface area contributed by atoms with Crippen molar-refractivity contribution in [2.24, 2.45) is 0 Å². The molecule has 0 aliphatic carbocycles. The van der Waals surface area contributed by atoms with Crippen molar-refractivity contribution in [3.05, 3.63) is 88.8 Å². The topological polar surface area (TPSA) is 109 Å². The van der Waals surface area contributed by atoms with Crippen molar-refractivity contribution in [3.8, 4) is 17.2 Å².